The van der Waals surface area contributed by atoms with E-state index in [1.165, 1.54) is 17.4 Å². The summed E-state index contributed by atoms with van der Waals surface area (Å²) in [5.74, 6) is -0.770. The van der Waals surface area contributed by atoms with Crippen LogP contribution in [-0.2, 0) is 0 Å². The number of nitrogens with zero attached hydrogens (tertiary/aromatic N) is 1. The van der Waals surface area contributed by atoms with Crippen molar-refractivity contribution in [1.29, 1.82) is 0 Å². The number of amides is 2. The molecule has 0 aliphatic rings. The molecule has 0 saturated carbocycles. The zero-order valence-electron chi connectivity index (χ0n) is 11.3. The number of carbonyl (C=O) groups excluding carboxylic acids is 2. The molecule has 0 aliphatic heterocycles. The average molecular weight is 305 g/mol. The van der Waals surface area contributed by atoms with Gasteiger partial charge in [0, 0.05) is 17.8 Å². The third kappa shape index (κ3) is 3.48. The summed E-state index contributed by atoms with van der Waals surface area (Å²) >= 11 is 1.17. The van der Waals surface area contributed by atoms with Gasteiger partial charge in [-0.15, -0.1) is 0 Å². The van der Waals surface area contributed by atoms with E-state index in [9.17, 15) is 9.59 Å². The summed E-state index contributed by atoms with van der Waals surface area (Å²) in [4.78, 5) is 27.7. The zero-order chi connectivity index (χ0) is 15.4. The number of benzene rings is 1. The lowest BCUT2D eigenvalue weighted by molar-refractivity contribution is 0.0996. The van der Waals surface area contributed by atoms with Crippen LogP contribution in [0, 0.1) is 0 Å². The van der Waals surface area contributed by atoms with Crippen molar-refractivity contribution in [1.82, 2.24) is 4.98 Å². The molecule has 0 saturated heterocycles. The Balaban J connectivity index is 2.18. The first-order valence-corrected chi connectivity index (χ1v) is 7.04. The van der Waals surface area contributed by atoms with Gasteiger partial charge in [0.1, 0.15) is 10.7 Å². The quantitative estimate of drug-likeness (QED) is 0.666. The molecule has 0 bridgehead atoms. The van der Waals surface area contributed by atoms with Gasteiger partial charge < -0.3 is 22.1 Å². The largest absolute Gasteiger partial charge is 0.382 e. The van der Waals surface area contributed by atoms with Gasteiger partial charge in [-0.05, 0) is 25.1 Å². The predicted octanol–water partition coefficient (Wildman–Crippen LogP) is 1.51. The monoisotopic (exact) mass is 305 g/mol. The number of thiazole rings is 1. The molecular weight excluding hydrogens is 290 g/mol. The van der Waals surface area contributed by atoms with Gasteiger partial charge in [-0.25, -0.2) is 4.98 Å². The molecular formula is C13H15N5O2S. The number of aromatic nitrogens is 1. The lowest BCUT2D eigenvalue weighted by atomic mass is 10.2. The second kappa shape index (κ2) is 6.23. The molecule has 0 radical (unpaired) electrons. The maximum atomic E-state index is 12.2. The fourth-order valence-electron chi connectivity index (χ4n) is 1.66. The molecule has 1 aromatic carbocycles. The Morgan fingerprint density at radius 2 is 2.14 bits per heavy atom. The van der Waals surface area contributed by atoms with Crippen LogP contribution in [0.3, 0.4) is 0 Å². The van der Waals surface area contributed by atoms with Crippen molar-refractivity contribution in [3.05, 3.63) is 34.7 Å². The van der Waals surface area contributed by atoms with Gasteiger partial charge in [0.15, 0.2) is 5.13 Å². The summed E-state index contributed by atoms with van der Waals surface area (Å²) in [5, 5.41) is 6.25. The Morgan fingerprint density at radius 1 is 1.38 bits per heavy atom. The van der Waals surface area contributed by atoms with Gasteiger partial charge in [0.25, 0.3) is 5.91 Å². The van der Waals surface area contributed by atoms with Gasteiger partial charge in [-0.2, -0.15) is 0 Å². The average Bonchev–Trinajstić information content (AvgIpc) is 2.80. The number of primary amides is 1. The van der Waals surface area contributed by atoms with Crippen LogP contribution in [0.25, 0.3) is 0 Å². The number of hydrogen-bond donors (Lipinski definition) is 4. The number of rotatable bonds is 5. The summed E-state index contributed by atoms with van der Waals surface area (Å²) < 4.78 is 0. The number of nitrogens with one attached hydrogen (secondary N) is 2. The fraction of sp³-hybridized carbons (Fsp3) is 0.154. The van der Waals surface area contributed by atoms with Gasteiger partial charge in [0.2, 0.25) is 5.91 Å². The molecule has 7 nitrogen and oxygen atoms in total. The van der Waals surface area contributed by atoms with Crippen molar-refractivity contribution >= 4 is 39.8 Å². The van der Waals surface area contributed by atoms with Crippen LogP contribution < -0.4 is 22.1 Å². The topological polar surface area (TPSA) is 123 Å². The smallest absolute Gasteiger partial charge is 0.269 e. The highest BCUT2D eigenvalue weighted by Crippen LogP contribution is 2.25. The zero-order valence-corrected chi connectivity index (χ0v) is 12.2. The summed E-state index contributed by atoms with van der Waals surface area (Å²) in [7, 11) is 0. The summed E-state index contributed by atoms with van der Waals surface area (Å²) in [5.41, 5.74) is 11.7. The van der Waals surface area contributed by atoms with Crippen LogP contribution in [-0.4, -0.2) is 23.3 Å². The van der Waals surface area contributed by atoms with Crippen LogP contribution in [0.2, 0.25) is 0 Å². The van der Waals surface area contributed by atoms with Gasteiger partial charge in [-0.1, -0.05) is 17.4 Å². The summed E-state index contributed by atoms with van der Waals surface area (Å²) in [6.45, 7) is 2.61. The molecule has 21 heavy (non-hydrogen) atoms. The molecule has 1 heterocycles. The van der Waals surface area contributed by atoms with Gasteiger partial charge >= 0.3 is 0 Å². The minimum absolute atomic E-state index is 0.166. The molecule has 2 aromatic rings. The molecule has 1 aromatic heterocycles. The first kappa shape index (κ1) is 14.8. The molecule has 0 atom stereocenters. The highest BCUT2D eigenvalue weighted by atomic mass is 32.1. The van der Waals surface area contributed by atoms with Crippen molar-refractivity contribution in [2.75, 3.05) is 22.9 Å². The molecule has 2 amide bonds. The number of nitrogen functional groups attached to an aromatic ring is 1. The maximum Gasteiger partial charge on any atom is 0.269 e. The van der Waals surface area contributed by atoms with E-state index < -0.39 is 5.91 Å². The van der Waals surface area contributed by atoms with Crippen LogP contribution >= 0.6 is 11.3 Å². The van der Waals surface area contributed by atoms with E-state index in [1.54, 1.807) is 18.2 Å². The first-order valence-electron chi connectivity index (χ1n) is 6.22. The Hall–Kier alpha value is -2.61. The van der Waals surface area contributed by atoms with E-state index in [0.29, 0.717) is 27.8 Å². The van der Waals surface area contributed by atoms with E-state index in [2.05, 4.69) is 15.6 Å². The molecule has 0 unspecified atom stereocenters. The molecule has 8 heteroatoms. The molecule has 0 spiro atoms. The maximum absolute atomic E-state index is 12.2. The fourth-order valence-corrected chi connectivity index (χ4v) is 2.51. The SMILES string of the molecule is CCNc1nc(N)c(C(=O)Nc2cccc(C(N)=O)c2)s1. The van der Waals surface area contributed by atoms with Gasteiger partial charge in [0.05, 0.1) is 0 Å². The van der Waals surface area contributed by atoms with Crippen molar-refractivity contribution in [3.8, 4) is 0 Å². The summed E-state index contributed by atoms with van der Waals surface area (Å²) in [6.07, 6.45) is 0. The van der Waals surface area contributed by atoms with E-state index in [4.69, 9.17) is 11.5 Å². The number of hydrogen-bond acceptors (Lipinski definition) is 6. The van der Waals surface area contributed by atoms with Crippen molar-refractivity contribution in [3.63, 3.8) is 0 Å². The van der Waals surface area contributed by atoms with E-state index in [1.807, 2.05) is 6.92 Å². The van der Waals surface area contributed by atoms with E-state index in [0.717, 1.165) is 0 Å². The Kier molecular flexibility index (Phi) is 4.39. The third-order valence-electron chi connectivity index (χ3n) is 2.59. The molecule has 0 fully saturated rings. The normalized spacial score (nSPS) is 10.1. The number of carbonyl (C=O) groups is 2. The van der Waals surface area contributed by atoms with Crippen LogP contribution in [0.15, 0.2) is 24.3 Å². The summed E-state index contributed by atoms with van der Waals surface area (Å²) in [6, 6.07) is 6.37. The highest BCUT2D eigenvalue weighted by molar-refractivity contribution is 7.18. The lowest BCUT2D eigenvalue weighted by Crippen LogP contribution is -2.14. The highest BCUT2D eigenvalue weighted by Gasteiger charge is 2.16. The minimum atomic E-state index is -0.558. The molecule has 6 N–H and O–H groups in total. The van der Waals surface area contributed by atoms with Crippen molar-refractivity contribution in [2.24, 2.45) is 5.73 Å². The standard InChI is InChI=1S/C13H15N5O2S/c1-2-16-13-18-10(14)9(21-13)12(20)17-8-5-3-4-7(6-8)11(15)19/h3-6H,2,14H2,1H3,(H2,15,19)(H,16,18)(H,17,20). The molecule has 0 aliphatic carbocycles. The Bertz CT molecular complexity index is 683. The number of nitrogens with two attached hydrogens (primary N) is 2. The van der Waals surface area contributed by atoms with Gasteiger partial charge in [-0.3, -0.25) is 9.59 Å². The van der Waals surface area contributed by atoms with Crippen LogP contribution in [0.4, 0.5) is 16.6 Å². The minimum Gasteiger partial charge on any atom is -0.382 e. The van der Waals surface area contributed by atoms with Crippen LogP contribution in [0.1, 0.15) is 27.0 Å². The molecule has 110 valence electrons. The third-order valence-corrected chi connectivity index (χ3v) is 3.62. The molecule has 2 rings (SSSR count). The predicted molar refractivity (Wildman–Crippen MR) is 83.6 cm³/mol. The van der Waals surface area contributed by atoms with Crippen molar-refractivity contribution in [2.45, 2.75) is 6.92 Å². The second-order valence-electron chi connectivity index (χ2n) is 4.16. The second-order valence-corrected chi connectivity index (χ2v) is 5.16. The lowest BCUT2D eigenvalue weighted by Gasteiger charge is -2.05. The van der Waals surface area contributed by atoms with E-state index in [-0.39, 0.29) is 11.7 Å². The van der Waals surface area contributed by atoms with E-state index >= 15 is 0 Å². The van der Waals surface area contributed by atoms with Crippen LogP contribution in [0.5, 0.6) is 0 Å². The number of anilines is 3. The Labute approximate surface area is 125 Å². The van der Waals surface area contributed by atoms with Crippen molar-refractivity contribution < 1.29 is 9.59 Å². The first-order chi connectivity index (χ1) is 10.0. The Morgan fingerprint density at radius 3 is 2.81 bits per heavy atom.